The van der Waals surface area contributed by atoms with Crippen LogP contribution < -0.4 is 10.2 Å². The van der Waals surface area contributed by atoms with Gasteiger partial charge in [-0.3, -0.25) is 19.2 Å². The molecule has 4 rings (SSSR count). The van der Waals surface area contributed by atoms with Gasteiger partial charge in [0.15, 0.2) is 0 Å². The molecule has 1 aromatic rings. The lowest BCUT2D eigenvalue weighted by Gasteiger charge is -2.37. The van der Waals surface area contributed by atoms with E-state index in [4.69, 9.17) is 21.1 Å². The molecule has 2 N–H and O–H groups in total. The molecule has 3 heterocycles. The first-order chi connectivity index (χ1) is 21.2. The van der Waals surface area contributed by atoms with Crippen LogP contribution in [0.5, 0.6) is 0 Å². The number of nitrogens with one attached hydrogen (secondary N) is 1. The highest BCUT2D eigenvalue weighted by molar-refractivity contribution is 6.34. The van der Waals surface area contributed by atoms with E-state index in [0.29, 0.717) is 55.8 Å². The van der Waals surface area contributed by atoms with Gasteiger partial charge < -0.3 is 29.7 Å². The molecule has 1 spiro atoms. The molecule has 2 bridgehead atoms. The van der Waals surface area contributed by atoms with Crippen molar-refractivity contribution in [3.8, 4) is 0 Å². The SMILES string of the molecule is C=CCCC(=O)NC[C@@H](C)OC(=O)[C@@H]1[C@@H]2CC[C@]3(O2)[C@H](C(=O)N(CC=C)c2ccccc2Cl)N(CCCCCCO)C(=O)[C@@H]13. The van der Waals surface area contributed by atoms with Crippen LogP contribution in [0.4, 0.5) is 5.69 Å². The molecule has 0 radical (unpaired) electrons. The Hall–Kier alpha value is -3.21. The molecule has 1 aromatic carbocycles. The number of amides is 3. The third-order valence-corrected chi connectivity index (χ3v) is 9.13. The maximum Gasteiger partial charge on any atom is 0.312 e. The van der Waals surface area contributed by atoms with Gasteiger partial charge in [-0.2, -0.15) is 0 Å². The number of hydrogen-bond acceptors (Lipinski definition) is 7. The van der Waals surface area contributed by atoms with E-state index in [-0.39, 0.29) is 37.4 Å². The Balaban J connectivity index is 1.59. The van der Waals surface area contributed by atoms with Gasteiger partial charge in [0.1, 0.15) is 17.7 Å². The minimum absolute atomic E-state index is 0.0965. The third kappa shape index (κ3) is 6.87. The van der Waals surface area contributed by atoms with Crippen molar-refractivity contribution in [2.24, 2.45) is 11.8 Å². The quantitative estimate of drug-likeness (QED) is 0.153. The van der Waals surface area contributed by atoms with E-state index in [0.717, 1.165) is 12.8 Å². The predicted octanol–water partition coefficient (Wildman–Crippen LogP) is 3.80. The summed E-state index contributed by atoms with van der Waals surface area (Å²) in [6.07, 6.45) is 6.76. The molecular weight excluding hydrogens is 586 g/mol. The molecule has 3 aliphatic rings. The number of unbranched alkanes of at least 4 members (excludes halogenated alkanes) is 3. The van der Waals surface area contributed by atoms with Gasteiger partial charge in [-0.15, -0.1) is 13.2 Å². The minimum Gasteiger partial charge on any atom is -0.460 e. The molecule has 3 amide bonds. The van der Waals surface area contributed by atoms with Gasteiger partial charge >= 0.3 is 5.97 Å². The minimum atomic E-state index is -1.18. The number of aliphatic hydroxyl groups excluding tert-OH is 1. The van der Waals surface area contributed by atoms with E-state index in [2.05, 4.69) is 18.5 Å². The predicted molar refractivity (Wildman–Crippen MR) is 167 cm³/mol. The van der Waals surface area contributed by atoms with Gasteiger partial charge in [-0.25, -0.2) is 0 Å². The summed E-state index contributed by atoms with van der Waals surface area (Å²) in [7, 11) is 0. The van der Waals surface area contributed by atoms with E-state index in [1.165, 1.54) is 4.90 Å². The fourth-order valence-corrected chi connectivity index (χ4v) is 7.08. The maximum absolute atomic E-state index is 14.5. The van der Waals surface area contributed by atoms with Crippen LogP contribution in [0.25, 0.3) is 0 Å². The molecule has 3 saturated heterocycles. The lowest BCUT2D eigenvalue weighted by atomic mass is 9.70. The Bertz CT molecular complexity index is 1240. The third-order valence-electron chi connectivity index (χ3n) is 8.81. The van der Waals surface area contributed by atoms with Crippen molar-refractivity contribution in [2.75, 3.05) is 31.1 Å². The zero-order valence-electron chi connectivity index (χ0n) is 25.4. The van der Waals surface area contributed by atoms with Crippen LogP contribution in [0.15, 0.2) is 49.6 Å². The Morgan fingerprint density at radius 3 is 2.68 bits per heavy atom. The summed E-state index contributed by atoms with van der Waals surface area (Å²) >= 11 is 6.52. The molecule has 6 atom stereocenters. The molecular formula is C33H44ClN3O7. The second-order valence-corrected chi connectivity index (χ2v) is 12.2. The number of para-hydroxylation sites is 1. The van der Waals surface area contributed by atoms with Crippen molar-refractivity contribution in [1.29, 1.82) is 0 Å². The zero-order chi connectivity index (χ0) is 31.9. The van der Waals surface area contributed by atoms with E-state index in [9.17, 15) is 24.3 Å². The molecule has 0 aromatic heterocycles. The van der Waals surface area contributed by atoms with Crippen molar-refractivity contribution in [3.63, 3.8) is 0 Å². The number of hydrogen-bond donors (Lipinski definition) is 2. The molecule has 44 heavy (non-hydrogen) atoms. The van der Waals surface area contributed by atoms with Gasteiger partial charge in [-0.05, 0) is 51.2 Å². The second kappa shape index (κ2) is 15.2. The van der Waals surface area contributed by atoms with Crippen LogP contribution in [0.3, 0.4) is 0 Å². The van der Waals surface area contributed by atoms with Crippen molar-refractivity contribution in [3.05, 3.63) is 54.6 Å². The lowest BCUT2D eigenvalue weighted by molar-refractivity contribution is -0.159. The van der Waals surface area contributed by atoms with Crippen LogP contribution >= 0.6 is 11.6 Å². The Morgan fingerprint density at radius 1 is 1.23 bits per heavy atom. The number of allylic oxidation sites excluding steroid dienone is 1. The number of esters is 1. The molecule has 0 saturated carbocycles. The summed E-state index contributed by atoms with van der Waals surface area (Å²) in [5.74, 6) is -3.09. The first kappa shape index (κ1) is 33.7. The molecule has 3 fully saturated rings. The summed E-state index contributed by atoms with van der Waals surface area (Å²) in [6.45, 7) is 9.85. The number of aliphatic hydroxyl groups is 1. The zero-order valence-corrected chi connectivity index (χ0v) is 26.2. The highest BCUT2D eigenvalue weighted by Crippen LogP contribution is 2.59. The monoisotopic (exact) mass is 629 g/mol. The molecule has 0 aliphatic carbocycles. The van der Waals surface area contributed by atoms with Gasteiger partial charge in [0.25, 0.3) is 5.91 Å². The fraction of sp³-hybridized carbons (Fsp3) is 0.576. The molecule has 10 nitrogen and oxygen atoms in total. The van der Waals surface area contributed by atoms with Crippen molar-refractivity contribution >= 4 is 41.0 Å². The number of nitrogens with zero attached hydrogens (tertiary/aromatic N) is 2. The van der Waals surface area contributed by atoms with E-state index in [1.807, 2.05) is 0 Å². The summed E-state index contributed by atoms with van der Waals surface area (Å²) in [5, 5.41) is 12.3. The standard InChI is InChI=1S/C33H44ClN3O7/c1-4-6-15-26(39)35-21-22(3)43-32(42)27-25-16-17-33(44-25)28(27)30(40)37(19-11-7-8-12-20-38)29(33)31(41)36(18-5-2)24-14-10-9-13-23(24)34/h4-5,9-10,13-14,22,25,27-29,38H,1-2,6-8,11-12,15-21H2,3H3,(H,35,39)/t22-,25+,27-,28-,29+,33-/m1/s1. The van der Waals surface area contributed by atoms with Crippen LogP contribution in [0.2, 0.25) is 5.02 Å². The number of ether oxygens (including phenoxy) is 2. The summed E-state index contributed by atoms with van der Waals surface area (Å²) in [4.78, 5) is 57.5. The number of rotatable bonds is 17. The number of anilines is 1. The van der Waals surface area contributed by atoms with E-state index in [1.54, 1.807) is 48.2 Å². The van der Waals surface area contributed by atoms with Gasteiger partial charge in [0.2, 0.25) is 11.8 Å². The highest BCUT2D eigenvalue weighted by atomic mass is 35.5. The summed E-state index contributed by atoms with van der Waals surface area (Å²) in [6, 6.07) is 6.06. The average molecular weight is 630 g/mol. The van der Waals surface area contributed by atoms with Crippen LogP contribution in [-0.4, -0.2) is 83.8 Å². The molecule has 240 valence electrons. The largest absolute Gasteiger partial charge is 0.460 e. The summed E-state index contributed by atoms with van der Waals surface area (Å²) in [5.41, 5.74) is -0.682. The van der Waals surface area contributed by atoms with Crippen LogP contribution in [0.1, 0.15) is 58.3 Å². The number of fused-ring (bicyclic) bond motifs is 1. The first-order valence-electron chi connectivity index (χ1n) is 15.5. The topological polar surface area (TPSA) is 125 Å². The van der Waals surface area contributed by atoms with E-state index < -0.39 is 41.7 Å². The number of carbonyl (C=O) groups is 4. The van der Waals surface area contributed by atoms with Gasteiger partial charge in [0, 0.05) is 26.1 Å². The number of carbonyl (C=O) groups excluding carboxylic acids is 4. The van der Waals surface area contributed by atoms with Crippen LogP contribution in [0, 0.1) is 11.8 Å². The summed E-state index contributed by atoms with van der Waals surface area (Å²) < 4.78 is 12.3. The lowest BCUT2D eigenvalue weighted by Crippen LogP contribution is -2.56. The van der Waals surface area contributed by atoms with Crippen molar-refractivity contribution in [2.45, 2.75) is 82.1 Å². The molecule has 3 aliphatic heterocycles. The number of likely N-dealkylation sites (tertiary alicyclic amines) is 1. The molecule has 11 heteroatoms. The smallest absolute Gasteiger partial charge is 0.312 e. The fourth-order valence-electron chi connectivity index (χ4n) is 6.84. The van der Waals surface area contributed by atoms with Crippen molar-refractivity contribution < 1.29 is 33.8 Å². The highest BCUT2D eigenvalue weighted by Gasteiger charge is 2.75. The Kier molecular flexibility index (Phi) is 11.6. The normalized spacial score (nSPS) is 25.8. The Morgan fingerprint density at radius 2 is 1.98 bits per heavy atom. The first-order valence-corrected chi connectivity index (χ1v) is 15.9. The average Bonchev–Trinajstić information content (AvgIpc) is 3.65. The van der Waals surface area contributed by atoms with Gasteiger partial charge in [0.05, 0.1) is 35.2 Å². The van der Waals surface area contributed by atoms with Crippen LogP contribution in [-0.2, 0) is 28.7 Å². The van der Waals surface area contributed by atoms with Gasteiger partial charge in [-0.1, -0.05) is 48.7 Å². The van der Waals surface area contributed by atoms with Crippen molar-refractivity contribution in [1.82, 2.24) is 10.2 Å². The number of benzene rings is 1. The second-order valence-electron chi connectivity index (χ2n) is 11.8. The van der Waals surface area contributed by atoms with E-state index >= 15 is 0 Å². The maximum atomic E-state index is 14.5. The molecule has 0 unspecified atom stereocenters. The number of halogens is 1. The Labute approximate surface area is 264 Å².